The van der Waals surface area contributed by atoms with Crippen LogP contribution in [0.3, 0.4) is 0 Å². The van der Waals surface area contributed by atoms with Crippen LogP contribution < -0.4 is 15.5 Å². The smallest absolute Gasteiger partial charge is 0.219 e. The number of nitrogens with one attached hydrogen (secondary N) is 2. The van der Waals surface area contributed by atoms with Gasteiger partial charge in [0.1, 0.15) is 34.9 Å². The highest BCUT2D eigenvalue weighted by atomic mass is 16.5. The van der Waals surface area contributed by atoms with Gasteiger partial charge in [-0.1, -0.05) is 62.3 Å². The van der Waals surface area contributed by atoms with E-state index in [1.165, 1.54) is 0 Å². The third-order valence-corrected chi connectivity index (χ3v) is 10.6. The van der Waals surface area contributed by atoms with Gasteiger partial charge in [-0.2, -0.15) is 0 Å². The van der Waals surface area contributed by atoms with Gasteiger partial charge in [-0.05, 0) is 6.42 Å². The van der Waals surface area contributed by atoms with E-state index in [1.54, 1.807) is 6.92 Å². The van der Waals surface area contributed by atoms with Gasteiger partial charge in [-0.15, -0.1) is 0 Å². The number of nitrogens with zero attached hydrogens (tertiary/aromatic N) is 8. The molecule has 0 aromatic carbocycles. The van der Waals surface area contributed by atoms with Gasteiger partial charge in [0, 0.05) is 80.3 Å². The zero-order chi connectivity index (χ0) is 38.3. The summed E-state index contributed by atoms with van der Waals surface area (Å²) in [5.74, 6) is 4.97. The molecule has 0 saturated carbocycles. The first-order valence-electron chi connectivity index (χ1n) is 19.2. The monoisotopic (exact) mass is 728 g/mol. The Morgan fingerprint density at radius 1 is 0.792 bits per heavy atom. The Hall–Kier alpha value is -3.97. The minimum absolute atomic E-state index is 0.0322. The van der Waals surface area contributed by atoms with Gasteiger partial charge < -0.3 is 29.9 Å². The molecule has 1 atom stereocenters. The number of carbonyl (C=O) groups is 1. The lowest BCUT2D eigenvalue weighted by Gasteiger charge is -2.39. The maximum absolute atomic E-state index is 11.7. The molecular formula is C40H60N10O3. The number of likely N-dealkylation sites (N-methyl/N-ethyl adjacent to an activating group) is 1. The number of rotatable bonds is 13. The summed E-state index contributed by atoms with van der Waals surface area (Å²) in [4.78, 5) is 46.2. The van der Waals surface area contributed by atoms with Crippen LogP contribution in [0.1, 0.15) is 116 Å². The highest BCUT2D eigenvalue weighted by Crippen LogP contribution is 2.32. The molecule has 2 N–H and O–H groups in total. The van der Waals surface area contributed by atoms with Crippen molar-refractivity contribution in [1.29, 1.82) is 0 Å². The molecule has 13 nitrogen and oxygen atoms in total. The highest BCUT2D eigenvalue weighted by molar-refractivity contribution is 5.74. The van der Waals surface area contributed by atoms with Crippen LogP contribution in [-0.2, 0) is 43.4 Å². The molecule has 3 aromatic heterocycles. The number of ether oxygens (including phenoxy) is 2. The number of anilines is 3. The highest BCUT2D eigenvalue weighted by Gasteiger charge is 2.32. The van der Waals surface area contributed by atoms with Crippen molar-refractivity contribution in [2.24, 2.45) is 0 Å². The molecule has 13 heteroatoms. The van der Waals surface area contributed by atoms with E-state index in [4.69, 9.17) is 39.4 Å². The molecule has 3 aliphatic rings. The summed E-state index contributed by atoms with van der Waals surface area (Å²) in [6.45, 7) is 25.5. The van der Waals surface area contributed by atoms with E-state index in [1.807, 2.05) is 4.90 Å². The van der Waals surface area contributed by atoms with Crippen molar-refractivity contribution >= 4 is 23.4 Å². The molecule has 3 aromatic rings. The summed E-state index contributed by atoms with van der Waals surface area (Å²) in [5.41, 5.74) is 2.40. The summed E-state index contributed by atoms with van der Waals surface area (Å²) in [5, 5.41) is 7.14. The maximum atomic E-state index is 11.7. The van der Waals surface area contributed by atoms with Crippen molar-refractivity contribution in [3.8, 4) is 0 Å². The summed E-state index contributed by atoms with van der Waals surface area (Å²) in [6.07, 6.45) is 2.07. The van der Waals surface area contributed by atoms with Crippen LogP contribution in [0.25, 0.3) is 0 Å². The standard InChI is InChI=1S/C40H60N10O3/c1-24(14-33-44-30(39(6,7)8)17-36(47-33)49(11)28-22-53-23-28)37-45-31(16-35(48-37)42-27-20-52-21-27)40(9,10)13-12-32-43-29(38(3,4)5)15-34(46-32)41-26-18-50(19-26)25(2)51/h15-17,24,26-28H,12-14,18-23H2,1-11H3,(H,41,43,46)(H,42,45,48). The van der Waals surface area contributed by atoms with Gasteiger partial charge in [-0.3, -0.25) is 4.79 Å². The minimum atomic E-state index is -0.308. The van der Waals surface area contributed by atoms with E-state index >= 15 is 0 Å². The van der Waals surface area contributed by atoms with Crippen molar-refractivity contribution in [3.63, 3.8) is 0 Å². The summed E-state index contributed by atoms with van der Waals surface area (Å²) in [7, 11) is 2.09. The fraction of sp³-hybridized carbons (Fsp3) is 0.675. The van der Waals surface area contributed by atoms with Crippen molar-refractivity contribution in [2.75, 3.05) is 62.1 Å². The van der Waals surface area contributed by atoms with Crippen molar-refractivity contribution in [1.82, 2.24) is 34.8 Å². The number of likely N-dealkylation sites (tertiary alicyclic amines) is 1. The van der Waals surface area contributed by atoms with Crippen LogP contribution in [0.4, 0.5) is 17.5 Å². The lowest BCUT2D eigenvalue weighted by Crippen LogP contribution is -2.56. The largest absolute Gasteiger partial charge is 0.377 e. The third kappa shape index (κ3) is 9.40. The summed E-state index contributed by atoms with van der Waals surface area (Å²) < 4.78 is 10.9. The van der Waals surface area contributed by atoms with Gasteiger partial charge in [-0.25, -0.2) is 29.9 Å². The average molecular weight is 729 g/mol. The molecule has 1 unspecified atom stereocenters. The zero-order valence-electron chi connectivity index (χ0n) is 33.7. The van der Waals surface area contributed by atoms with Crippen molar-refractivity contribution in [3.05, 3.63) is 52.8 Å². The number of aryl methyl sites for hydroxylation is 1. The normalized spacial score (nSPS) is 17.8. The Bertz CT molecular complexity index is 1770. The quantitative estimate of drug-likeness (QED) is 0.239. The second kappa shape index (κ2) is 15.0. The van der Waals surface area contributed by atoms with E-state index in [9.17, 15) is 4.79 Å². The molecule has 3 saturated heterocycles. The second-order valence-corrected chi connectivity index (χ2v) is 18.0. The number of aromatic nitrogens is 6. The van der Waals surface area contributed by atoms with E-state index in [2.05, 4.69) is 103 Å². The molecule has 53 heavy (non-hydrogen) atoms. The van der Waals surface area contributed by atoms with Crippen LogP contribution in [0, 0.1) is 0 Å². The molecule has 0 spiro atoms. The minimum Gasteiger partial charge on any atom is -0.377 e. The molecule has 0 radical (unpaired) electrons. The van der Waals surface area contributed by atoms with E-state index in [0.717, 1.165) is 58.4 Å². The van der Waals surface area contributed by atoms with E-state index in [-0.39, 0.29) is 40.2 Å². The van der Waals surface area contributed by atoms with Crippen LogP contribution in [0.15, 0.2) is 18.2 Å². The molecule has 3 fully saturated rings. The van der Waals surface area contributed by atoms with Gasteiger partial charge in [0.2, 0.25) is 5.91 Å². The van der Waals surface area contributed by atoms with Crippen LogP contribution in [0.2, 0.25) is 0 Å². The fourth-order valence-electron chi connectivity index (χ4n) is 6.43. The SMILES string of the molecule is CC(=O)N1CC(Nc2cc(C(C)(C)C)nc(CCC(C)(C)c3cc(NC4COC4)nc(C(C)Cc4nc(N(C)C5COC5)cc(C(C)(C)C)n4)n3)n2)C1. The summed E-state index contributed by atoms with van der Waals surface area (Å²) >= 11 is 0. The second-order valence-electron chi connectivity index (χ2n) is 18.0. The van der Waals surface area contributed by atoms with Gasteiger partial charge in [0.25, 0.3) is 0 Å². The van der Waals surface area contributed by atoms with Crippen LogP contribution in [0.5, 0.6) is 0 Å². The first-order chi connectivity index (χ1) is 24.8. The summed E-state index contributed by atoms with van der Waals surface area (Å²) in [6, 6.07) is 6.99. The van der Waals surface area contributed by atoms with Gasteiger partial charge in [0.15, 0.2) is 0 Å². The first kappa shape index (κ1) is 38.7. The molecule has 6 rings (SSSR count). The number of carbonyl (C=O) groups excluding carboxylic acids is 1. The zero-order valence-corrected chi connectivity index (χ0v) is 33.7. The molecule has 3 aliphatic heterocycles. The predicted octanol–water partition coefficient (Wildman–Crippen LogP) is 5.20. The molecule has 288 valence electrons. The van der Waals surface area contributed by atoms with Gasteiger partial charge in [0.05, 0.1) is 61.6 Å². The van der Waals surface area contributed by atoms with Crippen molar-refractivity contribution in [2.45, 2.75) is 129 Å². The molecule has 6 heterocycles. The lowest BCUT2D eigenvalue weighted by molar-refractivity contribution is -0.132. The fourth-order valence-corrected chi connectivity index (χ4v) is 6.43. The molecule has 0 aliphatic carbocycles. The van der Waals surface area contributed by atoms with Crippen molar-refractivity contribution < 1.29 is 14.3 Å². The Kier molecular flexibility index (Phi) is 11.0. The molecular weight excluding hydrogens is 669 g/mol. The number of hydrogen-bond acceptors (Lipinski definition) is 12. The molecule has 1 amide bonds. The van der Waals surface area contributed by atoms with E-state index < -0.39 is 0 Å². The average Bonchev–Trinajstić information content (AvgIpc) is 3.01. The van der Waals surface area contributed by atoms with E-state index in [0.29, 0.717) is 58.4 Å². The number of amides is 1. The predicted molar refractivity (Wildman–Crippen MR) is 208 cm³/mol. The Morgan fingerprint density at radius 2 is 1.38 bits per heavy atom. The topological polar surface area (TPSA) is 143 Å². The Morgan fingerprint density at radius 3 is 1.96 bits per heavy atom. The third-order valence-electron chi connectivity index (χ3n) is 10.6. The maximum Gasteiger partial charge on any atom is 0.219 e. The van der Waals surface area contributed by atoms with Gasteiger partial charge >= 0.3 is 0 Å². The van der Waals surface area contributed by atoms with Crippen LogP contribution in [-0.4, -0.2) is 105 Å². The first-order valence-corrected chi connectivity index (χ1v) is 19.2. The lowest BCUT2D eigenvalue weighted by atomic mass is 9.83. The number of hydrogen-bond donors (Lipinski definition) is 2. The molecule has 0 bridgehead atoms. The Labute approximate surface area is 315 Å². The Balaban J connectivity index is 1.24. The van der Waals surface area contributed by atoms with Crippen LogP contribution >= 0.6 is 0 Å².